The van der Waals surface area contributed by atoms with E-state index < -0.39 is 22.8 Å². The Kier molecular flexibility index (Phi) is 8.89. The quantitative estimate of drug-likeness (QED) is 0.297. The molecule has 0 aromatic rings. The van der Waals surface area contributed by atoms with Crippen LogP contribution in [0.5, 0.6) is 0 Å². The molecule has 1 aliphatic heterocycles. The lowest BCUT2D eigenvalue weighted by Crippen LogP contribution is -2.66. The van der Waals surface area contributed by atoms with Gasteiger partial charge in [-0.25, -0.2) is 0 Å². The van der Waals surface area contributed by atoms with Crippen molar-refractivity contribution in [2.24, 2.45) is 56.2 Å². The number of esters is 1. The predicted octanol–water partition coefficient (Wildman–Crippen LogP) is 7.15. The van der Waals surface area contributed by atoms with Crippen LogP contribution in [0.15, 0.2) is 11.1 Å². The number of ether oxygens (including phenoxy) is 1. The number of carboxylic acid groups (broad SMARTS) is 1. The summed E-state index contributed by atoms with van der Waals surface area (Å²) in [6, 6.07) is 0. The average Bonchev–Trinajstić information content (AvgIpc) is 3.32. The minimum atomic E-state index is -1.16. The van der Waals surface area contributed by atoms with Gasteiger partial charge in [-0.3, -0.25) is 19.2 Å². The normalized spacial score (nSPS) is 40.7. The minimum Gasteiger partial charge on any atom is -0.481 e. The van der Waals surface area contributed by atoms with Crippen LogP contribution in [0.3, 0.4) is 0 Å². The number of nitrogens with zero attached hydrogens (tertiary/aromatic N) is 2. The van der Waals surface area contributed by atoms with Gasteiger partial charge in [0, 0.05) is 38.0 Å². The summed E-state index contributed by atoms with van der Waals surface area (Å²) in [6.07, 6.45) is 7.70. The predicted molar refractivity (Wildman–Crippen MR) is 189 cm³/mol. The number of carbonyl (C=O) groups excluding carboxylic acids is 3. The van der Waals surface area contributed by atoms with E-state index in [1.54, 1.807) is 13.8 Å². The molecular formula is C41H64N2O6. The van der Waals surface area contributed by atoms with Gasteiger partial charge in [0.25, 0.3) is 0 Å². The number of ketones is 1. The topological polar surface area (TPSA) is 104 Å². The molecule has 8 atom stereocenters. The number of allylic oxidation sites excluding steroid dienone is 1. The van der Waals surface area contributed by atoms with Gasteiger partial charge in [0.2, 0.25) is 5.91 Å². The number of Topliss-reactive ketones (excluding diaryl/α,β-unsaturated/α-hetero) is 1. The molecule has 0 bridgehead atoms. The second kappa shape index (κ2) is 11.9. The number of hydrogen-bond donors (Lipinski definition) is 1. The van der Waals surface area contributed by atoms with Crippen molar-refractivity contribution in [2.75, 3.05) is 33.2 Å². The zero-order valence-corrected chi connectivity index (χ0v) is 32.2. The summed E-state index contributed by atoms with van der Waals surface area (Å²) in [5.74, 6) is 0.209. The summed E-state index contributed by atoms with van der Waals surface area (Å²) >= 11 is 0. The number of rotatable bonds is 6. The first-order valence-electron chi connectivity index (χ1n) is 19.3. The maximum absolute atomic E-state index is 14.7. The van der Waals surface area contributed by atoms with Gasteiger partial charge in [-0.05, 0) is 123 Å². The van der Waals surface area contributed by atoms with Crippen LogP contribution in [0.25, 0.3) is 0 Å². The van der Waals surface area contributed by atoms with Gasteiger partial charge >= 0.3 is 11.9 Å². The number of carbonyl (C=O) groups is 4. The molecule has 4 saturated carbocycles. The van der Waals surface area contributed by atoms with Crippen LogP contribution in [0.4, 0.5) is 0 Å². The molecule has 0 aromatic carbocycles. The van der Waals surface area contributed by atoms with Crippen LogP contribution >= 0.6 is 0 Å². The van der Waals surface area contributed by atoms with E-state index >= 15 is 0 Å². The molecule has 5 aliphatic carbocycles. The van der Waals surface area contributed by atoms with Gasteiger partial charge in [0.05, 0.1) is 17.3 Å². The molecule has 1 heterocycles. The molecule has 5 fully saturated rings. The molecule has 6 aliphatic rings. The zero-order valence-electron chi connectivity index (χ0n) is 32.2. The van der Waals surface area contributed by atoms with Gasteiger partial charge in [-0.15, -0.1) is 0 Å². The van der Waals surface area contributed by atoms with Crippen LogP contribution in [-0.4, -0.2) is 77.9 Å². The van der Waals surface area contributed by atoms with Gasteiger partial charge in [0.15, 0.2) is 5.78 Å². The maximum atomic E-state index is 14.7. The summed E-state index contributed by atoms with van der Waals surface area (Å²) in [5.41, 5.74) is 0.219. The summed E-state index contributed by atoms with van der Waals surface area (Å²) in [5, 5.41) is 9.59. The van der Waals surface area contributed by atoms with Crippen molar-refractivity contribution in [1.82, 2.24) is 9.80 Å². The standard InChI is InChI=1S/C41H64N2O6/c1-25(2)32-27(44)23-41(34(46)43-21-19-42(10)20-22-43)18-17-39(8)26(33(32)41)11-12-29-38(7)15-14-30(49-31(45)24-36(3,4)35(47)48)37(5,6)28(38)13-16-40(29,39)9/h25-26,28-30H,11-24H2,1-10H3,(H,47,48)/t26?,28?,29?,30-,38-,39+,40+,41+/m0/s1. The summed E-state index contributed by atoms with van der Waals surface area (Å²) in [7, 11) is 2.12. The third-order valence-corrected chi connectivity index (χ3v) is 16.0. The van der Waals surface area contributed by atoms with E-state index in [1.165, 1.54) is 5.57 Å². The Morgan fingerprint density at radius 3 is 2.14 bits per heavy atom. The van der Waals surface area contributed by atoms with E-state index in [0.29, 0.717) is 18.3 Å². The first kappa shape index (κ1) is 36.6. The monoisotopic (exact) mass is 680 g/mol. The highest BCUT2D eigenvalue weighted by atomic mass is 16.5. The van der Waals surface area contributed by atoms with Crippen LogP contribution in [-0.2, 0) is 23.9 Å². The Bertz CT molecular complexity index is 1440. The number of fused-ring (bicyclic) bond motifs is 7. The first-order chi connectivity index (χ1) is 22.7. The Morgan fingerprint density at radius 1 is 0.878 bits per heavy atom. The van der Waals surface area contributed by atoms with Crippen molar-refractivity contribution in [3.63, 3.8) is 0 Å². The van der Waals surface area contributed by atoms with E-state index in [9.17, 15) is 24.3 Å². The van der Waals surface area contributed by atoms with E-state index in [1.807, 2.05) is 0 Å². The number of hydrogen-bond acceptors (Lipinski definition) is 6. The van der Waals surface area contributed by atoms with Gasteiger partial charge in [-0.2, -0.15) is 0 Å². The molecule has 1 saturated heterocycles. The Morgan fingerprint density at radius 2 is 1.53 bits per heavy atom. The smallest absolute Gasteiger partial charge is 0.309 e. The maximum Gasteiger partial charge on any atom is 0.309 e. The van der Waals surface area contributed by atoms with Crippen molar-refractivity contribution in [3.05, 3.63) is 11.1 Å². The van der Waals surface area contributed by atoms with Crippen LogP contribution in [0.1, 0.15) is 127 Å². The summed E-state index contributed by atoms with van der Waals surface area (Å²) in [6.45, 7) is 22.8. The van der Waals surface area contributed by atoms with Crippen molar-refractivity contribution in [1.29, 1.82) is 0 Å². The highest BCUT2D eigenvalue weighted by Crippen LogP contribution is 2.77. The fraction of sp³-hybridized carbons (Fsp3) is 0.854. The third-order valence-electron chi connectivity index (χ3n) is 16.0. The van der Waals surface area contributed by atoms with Crippen molar-refractivity contribution < 1.29 is 29.0 Å². The van der Waals surface area contributed by atoms with Crippen molar-refractivity contribution >= 4 is 23.6 Å². The summed E-state index contributed by atoms with van der Waals surface area (Å²) in [4.78, 5) is 57.8. The Labute approximate surface area is 295 Å². The largest absolute Gasteiger partial charge is 0.481 e. The Balaban J connectivity index is 1.30. The molecule has 49 heavy (non-hydrogen) atoms. The number of amides is 1. The van der Waals surface area contributed by atoms with Crippen LogP contribution in [0, 0.1) is 56.2 Å². The first-order valence-corrected chi connectivity index (χ1v) is 19.3. The summed E-state index contributed by atoms with van der Waals surface area (Å²) < 4.78 is 6.16. The lowest BCUT2D eigenvalue weighted by Gasteiger charge is -2.72. The van der Waals surface area contributed by atoms with Crippen LogP contribution in [0.2, 0.25) is 0 Å². The lowest BCUT2D eigenvalue weighted by atomic mass is 9.33. The second-order valence-electron chi connectivity index (χ2n) is 19.6. The van der Waals surface area contributed by atoms with Gasteiger partial charge in [-0.1, -0.05) is 48.5 Å². The van der Waals surface area contributed by atoms with Crippen LogP contribution < -0.4 is 0 Å². The van der Waals surface area contributed by atoms with Crippen molar-refractivity contribution in [3.8, 4) is 0 Å². The Hall–Kier alpha value is -2.22. The lowest BCUT2D eigenvalue weighted by molar-refractivity contribution is -0.233. The van der Waals surface area contributed by atoms with E-state index in [2.05, 4.69) is 65.3 Å². The molecule has 0 spiro atoms. The molecule has 8 heteroatoms. The average molecular weight is 681 g/mol. The van der Waals surface area contributed by atoms with E-state index in [0.717, 1.165) is 83.1 Å². The van der Waals surface area contributed by atoms with Gasteiger partial charge in [0.1, 0.15) is 6.10 Å². The molecule has 274 valence electrons. The zero-order chi connectivity index (χ0) is 36.1. The van der Waals surface area contributed by atoms with E-state index in [-0.39, 0.29) is 57.7 Å². The molecule has 3 unspecified atom stereocenters. The molecular weight excluding hydrogens is 616 g/mol. The fourth-order valence-electron chi connectivity index (χ4n) is 13.0. The molecule has 0 aromatic heterocycles. The molecule has 0 radical (unpaired) electrons. The van der Waals surface area contributed by atoms with Crippen molar-refractivity contribution in [2.45, 2.75) is 133 Å². The van der Waals surface area contributed by atoms with Gasteiger partial charge < -0.3 is 19.6 Å². The number of piperazine rings is 1. The SMILES string of the molecule is CC(C)C1=C2C3CCC4[C@@]5(C)CC[C@H](OC(=O)CC(C)(C)C(=O)O)C(C)(C)C5CC[C@@]4(C)[C@]3(C)CC[C@@]2(C(=O)N2CCN(C)CC2)CC1=O. The highest BCUT2D eigenvalue weighted by molar-refractivity contribution is 6.07. The minimum absolute atomic E-state index is 0.0221. The van der Waals surface area contributed by atoms with E-state index in [4.69, 9.17) is 4.74 Å². The highest BCUT2D eigenvalue weighted by Gasteiger charge is 2.71. The molecule has 1 amide bonds. The number of likely N-dealkylation sites (N-methyl/N-ethyl adjacent to an activating group) is 1. The molecule has 8 nitrogen and oxygen atoms in total. The third kappa shape index (κ3) is 5.29. The second-order valence-corrected chi connectivity index (χ2v) is 19.6. The number of carboxylic acids is 1. The fourth-order valence-corrected chi connectivity index (χ4v) is 13.0. The molecule has 1 N–H and O–H groups in total. The molecule has 6 rings (SSSR count). The number of aliphatic carboxylic acids is 1.